The summed E-state index contributed by atoms with van der Waals surface area (Å²) in [5, 5.41) is 15.6. The fourth-order valence-electron chi connectivity index (χ4n) is 2.25. The molecule has 6 heteroatoms. The maximum absolute atomic E-state index is 11.6. The van der Waals surface area contributed by atoms with E-state index >= 15 is 0 Å². The van der Waals surface area contributed by atoms with Crippen LogP contribution >= 0.6 is 0 Å². The summed E-state index contributed by atoms with van der Waals surface area (Å²) in [6.07, 6.45) is 3.34. The van der Waals surface area contributed by atoms with E-state index in [1.54, 1.807) is 0 Å². The fraction of sp³-hybridized carbons (Fsp3) is 0.917. The first-order valence-electron chi connectivity index (χ1n) is 6.61. The predicted molar refractivity (Wildman–Crippen MR) is 65.4 cm³/mol. The highest BCUT2D eigenvalue weighted by Crippen LogP contribution is 2.19. The maximum Gasteiger partial charge on any atom is 0.314 e. The van der Waals surface area contributed by atoms with Crippen LogP contribution in [0.4, 0.5) is 4.79 Å². The fourth-order valence-corrected chi connectivity index (χ4v) is 2.25. The van der Waals surface area contributed by atoms with Crippen molar-refractivity contribution in [3.05, 3.63) is 0 Å². The molecular formula is C12H22N2O4. The molecule has 0 aromatic rings. The molecule has 0 aromatic carbocycles. The van der Waals surface area contributed by atoms with E-state index in [0.29, 0.717) is 32.6 Å². The lowest BCUT2D eigenvalue weighted by molar-refractivity contribution is -0.0600. The average molecular weight is 258 g/mol. The summed E-state index contributed by atoms with van der Waals surface area (Å²) >= 11 is 0. The number of hydrogen-bond acceptors (Lipinski definition) is 4. The summed E-state index contributed by atoms with van der Waals surface area (Å²) in [5.74, 6) is 0. The van der Waals surface area contributed by atoms with E-state index in [2.05, 4.69) is 10.6 Å². The third kappa shape index (κ3) is 4.12. The van der Waals surface area contributed by atoms with Crippen LogP contribution in [-0.4, -0.2) is 55.8 Å². The van der Waals surface area contributed by atoms with E-state index in [9.17, 15) is 9.90 Å². The van der Waals surface area contributed by atoms with Gasteiger partial charge in [-0.1, -0.05) is 0 Å². The second-order valence-electron chi connectivity index (χ2n) is 5.04. The third-order valence-electron chi connectivity index (χ3n) is 3.52. The molecule has 0 bridgehead atoms. The van der Waals surface area contributed by atoms with Gasteiger partial charge in [-0.3, -0.25) is 0 Å². The topological polar surface area (TPSA) is 79.8 Å². The molecule has 2 heterocycles. The summed E-state index contributed by atoms with van der Waals surface area (Å²) in [5.41, 5.74) is -0.820. The van der Waals surface area contributed by atoms with E-state index < -0.39 is 5.60 Å². The highest BCUT2D eigenvalue weighted by atomic mass is 16.5. The predicted octanol–water partition coefficient (Wildman–Crippen LogP) is 0.00610. The summed E-state index contributed by atoms with van der Waals surface area (Å²) in [7, 11) is 0. The number of nitrogens with one attached hydrogen (secondary N) is 2. The number of rotatable bonds is 4. The molecular weight excluding hydrogens is 236 g/mol. The molecule has 0 saturated carbocycles. The number of hydrogen-bond donors (Lipinski definition) is 3. The van der Waals surface area contributed by atoms with E-state index in [1.807, 2.05) is 0 Å². The molecule has 0 radical (unpaired) electrons. The van der Waals surface area contributed by atoms with Gasteiger partial charge in [0.2, 0.25) is 0 Å². The van der Waals surface area contributed by atoms with Crippen LogP contribution in [0.1, 0.15) is 25.7 Å². The number of ether oxygens (including phenoxy) is 2. The monoisotopic (exact) mass is 258 g/mol. The Balaban J connectivity index is 1.61. The van der Waals surface area contributed by atoms with Crippen LogP contribution in [-0.2, 0) is 9.47 Å². The van der Waals surface area contributed by atoms with Gasteiger partial charge in [-0.2, -0.15) is 0 Å². The number of amides is 2. The number of aliphatic hydroxyl groups is 1. The Morgan fingerprint density at radius 1 is 1.28 bits per heavy atom. The molecule has 1 atom stereocenters. The van der Waals surface area contributed by atoms with E-state index in [0.717, 1.165) is 19.4 Å². The summed E-state index contributed by atoms with van der Waals surface area (Å²) < 4.78 is 10.6. The largest absolute Gasteiger partial charge is 0.388 e. The molecule has 2 aliphatic rings. The van der Waals surface area contributed by atoms with Crippen molar-refractivity contribution < 1.29 is 19.4 Å². The number of carbonyl (C=O) groups excluding carboxylic acids is 1. The minimum absolute atomic E-state index is 0.141. The van der Waals surface area contributed by atoms with Crippen molar-refractivity contribution in [3.8, 4) is 0 Å². The molecule has 104 valence electrons. The summed E-state index contributed by atoms with van der Waals surface area (Å²) in [6.45, 7) is 2.69. The van der Waals surface area contributed by atoms with E-state index in [1.165, 1.54) is 0 Å². The van der Waals surface area contributed by atoms with E-state index in [-0.39, 0.29) is 18.7 Å². The van der Waals surface area contributed by atoms with Crippen molar-refractivity contribution in [3.63, 3.8) is 0 Å². The Morgan fingerprint density at radius 2 is 2.06 bits per heavy atom. The molecule has 2 saturated heterocycles. The Labute approximate surface area is 107 Å². The van der Waals surface area contributed by atoms with Crippen molar-refractivity contribution in [2.24, 2.45) is 0 Å². The molecule has 2 fully saturated rings. The van der Waals surface area contributed by atoms with Crippen LogP contribution in [0.25, 0.3) is 0 Å². The van der Waals surface area contributed by atoms with Crippen molar-refractivity contribution in [1.29, 1.82) is 0 Å². The standard InChI is InChI=1S/C12H22N2O4/c15-11(13-8-10-2-1-5-18-10)14-9-12(16)3-6-17-7-4-12/h10,16H,1-9H2,(H2,13,14,15)/t10-/m1/s1. The Bertz CT molecular complexity index is 273. The van der Waals surface area contributed by atoms with Gasteiger partial charge in [0.1, 0.15) is 0 Å². The van der Waals surface area contributed by atoms with Crippen molar-refractivity contribution >= 4 is 6.03 Å². The molecule has 18 heavy (non-hydrogen) atoms. The highest BCUT2D eigenvalue weighted by Gasteiger charge is 2.30. The van der Waals surface area contributed by atoms with E-state index in [4.69, 9.17) is 9.47 Å². The summed E-state index contributed by atoms with van der Waals surface area (Å²) in [4.78, 5) is 11.6. The van der Waals surface area contributed by atoms with Crippen LogP contribution in [0.5, 0.6) is 0 Å². The number of carbonyl (C=O) groups is 1. The van der Waals surface area contributed by atoms with Gasteiger partial charge in [-0.05, 0) is 12.8 Å². The van der Waals surface area contributed by atoms with Crippen LogP contribution < -0.4 is 10.6 Å². The molecule has 0 unspecified atom stereocenters. The maximum atomic E-state index is 11.6. The minimum atomic E-state index is -0.820. The van der Waals surface area contributed by atoms with Gasteiger partial charge < -0.3 is 25.2 Å². The zero-order chi connectivity index (χ0) is 12.8. The quantitative estimate of drug-likeness (QED) is 0.663. The van der Waals surface area contributed by atoms with Crippen LogP contribution in [0.3, 0.4) is 0 Å². The lowest BCUT2D eigenvalue weighted by Crippen LogP contribution is -2.49. The zero-order valence-corrected chi connectivity index (χ0v) is 10.6. The van der Waals surface area contributed by atoms with Crippen LogP contribution in [0.15, 0.2) is 0 Å². The first-order chi connectivity index (χ1) is 8.68. The molecule has 2 amide bonds. The lowest BCUT2D eigenvalue weighted by Gasteiger charge is -2.32. The second-order valence-corrected chi connectivity index (χ2v) is 5.04. The Morgan fingerprint density at radius 3 is 2.72 bits per heavy atom. The van der Waals surface area contributed by atoms with Crippen molar-refractivity contribution in [2.45, 2.75) is 37.4 Å². The highest BCUT2D eigenvalue weighted by molar-refractivity contribution is 5.73. The smallest absolute Gasteiger partial charge is 0.314 e. The lowest BCUT2D eigenvalue weighted by atomic mass is 9.94. The third-order valence-corrected chi connectivity index (χ3v) is 3.52. The van der Waals surface area contributed by atoms with Gasteiger partial charge in [0.15, 0.2) is 0 Å². The number of urea groups is 1. The van der Waals surface area contributed by atoms with Gasteiger partial charge in [0.25, 0.3) is 0 Å². The molecule has 0 aromatic heterocycles. The Hall–Kier alpha value is -0.850. The Kier molecular flexibility index (Phi) is 4.79. The molecule has 2 aliphatic heterocycles. The van der Waals surface area contributed by atoms with Crippen LogP contribution in [0, 0.1) is 0 Å². The molecule has 3 N–H and O–H groups in total. The molecule has 6 nitrogen and oxygen atoms in total. The van der Waals surface area contributed by atoms with Crippen molar-refractivity contribution in [1.82, 2.24) is 10.6 Å². The molecule has 2 rings (SSSR count). The first kappa shape index (κ1) is 13.6. The minimum Gasteiger partial charge on any atom is -0.388 e. The summed E-state index contributed by atoms with van der Waals surface area (Å²) in [6, 6.07) is -0.245. The van der Waals surface area contributed by atoms with Gasteiger partial charge in [-0.15, -0.1) is 0 Å². The van der Waals surface area contributed by atoms with Gasteiger partial charge >= 0.3 is 6.03 Å². The average Bonchev–Trinajstić information content (AvgIpc) is 2.88. The molecule has 0 spiro atoms. The van der Waals surface area contributed by atoms with Gasteiger partial charge in [0.05, 0.1) is 11.7 Å². The van der Waals surface area contributed by atoms with Gasteiger partial charge in [0, 0.05) is 45.8 Å². The molecule has 0 aliphatic carbocycles. The second kappa shape index (κ2) is 6.36. The zero-order valence-electron chi connectivity index (χ0n) is 10.6. The van der Waals surface area contributed by atoms with Gasteiger partial charge in [-0.25, -0.2) is 4.79 Å². The van der Waals surface area contributed by atoms with Crippen molar-refractivity contribution in [2.75, 3.05) is 32.9 Å². The SMILES string of the molecule is O=C(NC[C@H]1CCCO1)NCC1(O)CCOCC1. The first-order valence-corrected chi connectivity index (χ1v) is 6.61. The van der Waals surface area contributed by atoms with Crippen LogP contribution in [0.2, 0.25) is 0 Å². The normalized spacial score (nSPS) is 26.8.